The Morgan fingerprint density at radius 2 is 1.69 bits per heavy atom. The van der Waals surface area contributed by atoms with E-state index in [9.17, 15) is 14.3 Å². The maximum absolute atomic E-state index is 12.8. The third-order valence-corrected chi connectivity index (χ3v) is 3.26. The lowest BCUT2D eigenvalue weighted by atomic mass is 9.79. The molecule has 1 aliphatic carbocycles. The largest absolute Gasteiger partial charge is 0.481 e. The number of benzene rings is 1. The molecule has 1 aromatic carbocycles. The van der Waals surface area contributed by atoms with Gasteiger partial charge >= 0.3 is 5.97 Å². The number of halogens is 2. The van der Waals surface area contributed by atoms with Gasteiger partial charge in [0.2, 0.25) is 0 Å². The quantitative estimate of drug-likeness (QED) is 0.868. The molecule has 2 nitrogen and oxygen atoms in total. The minimum Gasteiger partial charge on any atom is -0.481 e. The van der Waals surface area contributed by atoms with Crippen LogP contribution >= 0.6 is 12.4 Å². The average Bonchev–Trinajstić information content (AvgIpc) is 2.69. The number of hydrogen-bond acceptors (Lipinski definition) is 1. The lowest BCUT2D eigenvalue weighted by molar-refractivity contribution is -0.143. The Hall–Kier alpha value is -1.09. The molecule has 1 aromatic rings. The first-order chi connectivity index (χ1) is 7.15. The van der Waals surface area contributed by atoms with Gasteiger partial charge in [-0.1, -0.05) is 25.0 Å². The number of aliphatic carboxylic acids is 1. The number of carbonyl (C=O) groups is 1. The molecule has 0 unspecified atom stereocenters. The smallest absolute Gasteiger partial charge is 0.314 e. The lowest BCUT2D eigenvalue weighted by Crippen LogP contribution is -2.32. The predicted molar refractivity (Wildman–Crippen MR) is 61.4 cm³/mol. The summed E-state index contributed by atoms with van der Waals surface area (Å²) < 4.78 is 12.8. The summed E-state index contributed by atoms with van der Waals surface area (Å²) in [4.78, 5) is 11.3. The molecule has 2 rings (SSSR count). The van der Waals surface area contributed by atoms with Gasteiger partial charge in [-0.2, -0.15) is 0 Å². The molecule has 1 fully saturated rings. The number of carboxylic acids is 1. The predicted octanol–water partition coefficient (Wildman–Crippen LogP) is 3.14. The van der Waals surface area contributed by atoms with Crippen molar-refractivity contribution in [1.82, 2.24) is 0 Å². The molecule has 88 valence electrons. The van der Waals surface area contributed by atoms with E-state index in [0.717, 1.165) is 18.4 Å². The van der Waals surface area contributed by atoms with Gasteiger partial charge in [-0.15, -0.1) is 12.4 Å². The summed E-state index contributed by atoms with van der Waals surface area (Å²) in [5.41, 5.74) is -0.0397. The van der Waals surface area contributed by atoms with E-state index in [2.05, 4.69) is 0 Å². The average molecular weight is 245 g/mol. The highest BCUT2D eigenvalue weighted by molar-refractivity contribution is 5.85. The first-order valence-corrected chi connectivity index (χ1v) is 5.15. The third-order valence-electron chi connectivity index (χ3n) is 3.26. The van der Waals surface area contributed by atoms with E-state index in [0.29, 0.717) is 12.8 Å². The molecule has 0 radical (unpaired) electrons. The molecule has 4 heteroatoms. The van der Waals surface area contributed by atoms with Crippen molar-refractivity contribution in [3.8, 4) is 0 Å². The van der Waals surface area contributed by atoms with Gasteiger partial charge in [-0.25, -0.2) is 4.39 Å². The summed E-state index contributed by atoms with van der Waals surface area (Å²) in [5, 5.41) is 9.29. The second-order valence-corrected chi connectivity index (χ2v) is 4.10. The van der Waals surface area contributed by atoms with E-state index in [1.165, 1.54) is 12.1 Å². The zero-order chi connectivity index (χ0) is 10.9. The summed E-state index contributed by atoms with van der Waals surface area (Å²) >= 11 is 0. The van der Waals surface area contributed by atoms with Crippen molar-refractivity contribution in [2.24, 2.45) is 0 Å². The van der Waals surface area contributed by atoms with Crippen LogP contribution in [0, 0.1) is 5.82 Å². The Kier molecular flexibility index (Phi) is 3.92. The molecule has 0 aromatic heterocycles. The van der Waals surface area contributed by atoms with Crippen LogP contribution in [0.5, 0.6) is 0 Å². The van der Waals surface area contributed by atoms with Crippen LogP contribution in [0.1, 0.15) is 31.2 Å². The Morgan fingerprint density at radius 1 is 1.19 bits per heavy atom. The Labute approximate surface area is 99.9 Å². The topological polar surface area (TPSA) is 37.3 Å². The molecule has 0 saturated heterocycles. The fraction of sp³-hybridized carbons (Fsp3) is 0.417. The molecule has 0 spiro atoms. The molecule has 1 aliphatic rings. The van der Waals surface area contributed by atoms with Crippen LogP contribution in [-0.2, 0) is 10.2 Å². The summed E-state index contributed by atoms with van der Waals surface area (Å²) in [5.74, 6) is -1.11. The molecular formula is C12H14ClFO2. The summed E-state index contributed by atoms with van der Waals surface area (Å²) in [6, 6.07) is 5.85. The van der Waals surface area contributed by atoms with Crippen molar-refractivity contribution in [2.75, 3.05) is 0 Å². The van der Waals surface area contributed by atoms with Crippen molar-refractivity contribution in [1.29, 1.82) is 0 Å². The van der Waals surface area contributed by atoms with E-state index in [1.54, 1.807) is 12.1 Å². The highest BCUT2D eigenvalue weighted by Crippen LogP contribution is 2.41. The van der Waals surface area contributed by atoms with Gasteiger partial charge in [-0.3, -0.25) is 4.79 Å². The van der Waals surface area contributed by atoms with Crippen molar-refractivity contribution in [3.63, 3.8) is 0 Å². The second-order valence-electron chi connectivity index (χ2n) is 4.10. The molecule has 0 bridgehead atoms. The van der Waals surface area contributed by atoms with Crippen molar-refractivity contribution in [2.45, 2.75) is 31.1 Å². The second kappa shape index (κ2) is 4.83. The van der Waals surface area contributed by atoms with Gasteiger partial charge < -0.3 is 5.11 Å². The summed E-state index contributed by atoms with van der Waals surface area (Å²) in [6.07, 6.45) is 3.19. The van der Waals surface area contributed by atoms with E-state index in [4.69, 9.17) is 0 Å². The molecule has 16 heavy (non-hydrogen) atoms. The normalized spacial score (nSPS) is 17.8. The molecule has 1 saturated carbocycles. The van der Waals surface area contributed by atoms with Crippen molar-refractivity contribution < 1.29 is 14.3 Å². The van der Waals surface area contributed by atoms with Crippen molar-refractivity contribution in [3.05, 3.63) is 35.6 Å². The molecule has 0 atom stereocenters. The maximum Gasteiger partial charge on any atom is 0.314 e. The zero-order valence-corrected chi connectivity index (χ0v) is 9.60. The van der Waals surface area contributed by atoms with Crippen LogP contribution in [0.25, 0.3) is 0 Å². The van der Waals surface area contributed by atoms with E-state index in [-0.39, 0.29) is 18.2 Å². The van der Waals surface area contributed by atoms with E-state index in [1.807, 2.05) is 0 Å². The monoisotopic (exact) mass is 244 g/mol. The third kappa shape index (κ3) is 2.05. The van der Waals surface area contributed by atoms with Crippen LogP contribution in [0.15, 0.2) is 24.3 Å². The Morgan fingerprint density at radius 3 is 2.12 bits per heavy atom. The number of hydrogen-bond donors (Lipinski definition) is 1. The van der Waals surface area contributed by atoms with Crippen LogP contribution in [0.4, 0.5) is 4.39 Å². The van der Waals surface area contributed by atoms with Crippen LogP contribution in [0.2, 0.25) is 0 Å². The van der Waals surface area contributed by atoms with Gasteiger partial charge in [-0.05, 0) is 30.5 Å². The Balaban J connectivity index is 0.00000128. The highest BCUT2D eigenvalue weighted by atomic mass is 35.5. The molecule has 0 heterocycles. The van der Waals surface area contributed by atoms with Crippen LogP contribution < -0.4 is 0 Å². The molecule has 0 amide bonds. The fourth-order valence-corrected chi connectivity index (χ4v) is 2.37. The molecular weight excluding hydrogens is 231 g/mol. The standard InChI is InChI=1S/C12H13FO2.ClH/c13-10-5-3-9(4-6-10)12(11(14)15)7-1-2-8-12;/h3-6H,1-2,7-8H2,(H,14,15);1H. The Bertz CT molecular complexity index is 369. The fourth-order valence-electron chi connectivity index (χ4n) is 2.37. The van der Waals surface area contributed by atoms with Gasteiger partial charge in [0.05, 0.1) is 5.41 Å². The minimum absolute atomic E-state index is 0. The molecule has 1 N–H and O–H groups in total. The lowest BCUT2D eigenvalue weighted by Gasteiger charge is -2.24. The minimum atomic E-state index is -0.786. The van der Waals surface area contributed by atoms with Crippen molar-refractivity contribution >= 4 is 18.4 Å². The maximum atomic E-state index is 12.8. The number of carboxylic acid groups (broad SMARTS) is 1. The van der Waals surface area contributed by atoms with Crippen LogP contribution in [-0.4, -0.2) is 11.1 Å². The van der Waals surface area contributed by atoms with E-state index >= 15 is 0 Å². The van der Waals surface area contributed by atoms with Gasteiger partial charge in [0.15, 0.2) is 0 Å². The van der Waals surface area contributed by atoms with Crippen LogP contribution in [0.3, 0.4) is 0 Å². The number of rotatable bonds is 2. The SMILES string of the molecule is Cl.O=C(O)C1(c2ccc(F)cc2)CCCC1. The van der Waals surface area contributed by atoms with Gasteiger partial charge in [0.25, 0.3) is 0 Å². The first-order valence-electron chi connectivity index (χ1n) is 5.15. The highest BCUT2D eigenvalue weighted by Gasteiger charge is 2.42. The first kappa shape index (κ1) is 13.0. The zero-order valence-electron chi connectivity index (χ0n) is 8.78. The summed E-state index contributed by atoms with van der Waals surface area (Å²) in [7, 11) is 0. The van der Waals surface area contributed by atoms with Gasteiger partial charge in [0, 0.05) is 0 Å². The molecule has 0 aliphatic heterocycles. The van der Waals surface area contributed by atoms with E-state index < -0.39 is 11.4 Å². The summed E-state index contributed by atoms with van der Waals surface area (Å²) in [6.45, 7) is 0. The van der Waals surface area contributed by atoms with Gasteiger partial charge in [0.1, 0.15) is 5.82 Å².